The van der Waals surface area contributed by atoms with Gasteiger partial charge in [0.25, 0.3) is 0 Å². The van der Waals surface area contributed by atoms with Gasteiger partial charge in [0.15, 0.2) is 5.13 Å². The molecular weight excluding hydrogens is 414 g/mol. The second-order valence-corrected chi connectivity index (χ2v) is 10.2. The number of fused-ring (bicyclic) bond motifs is 1. The van der Waals surface area contributed by atoms with Crippen LogP contribution in [0.15, 0.2) is 35.8 Å². The molecule has 3 aromatic heterocycles. The Hall–Kier alpha value is -2.56. The topological polar surface area (TPSA) is 96.9 Å². The first-order valence-corrected chi connectivity index (χ1v) is 11.9. The number of benzene rings is 1. The number of nitrogens with one attached hydrogen (secondary N) is 2. The van der Waals surface area contributed by atoms with Crippen molar-refractivity contribution >= 4 is 59.7 Å². The van der Waals surface area contributed by atoms with Gasteiger partial charge in [-0.3, -0.25) is 4.72 Å². The molecule has 2 N–H and O–H groups in total. The Morgan fingerprint density at radius 2 is 1.96 bits per heavy atom. The van der Waals surface area contributed by atoms with Crippen molar-refractivity contribution in [3.8, 4) is 11.1 Å². The van der Waals surface area contributed by atoms with Crippen LogP contribution in [0.4, 0.5) is 16.8 Å². The van der Waals surface area contributed by atoms with Crippen LogP contribution in [0.5, 0.6) is 0 Å². The van der Waals surface area contributed by atoms with E-state index in [9.17, 15) is 8.42 Å². The predicted molar refractivity (Wildman–Crippen MR) is 116 cm³/mol. The first kappa shape index (κ1) is 18.8. The van der Waals surface area contributed by atoms with E-state index in [1.807, 2.05) is 31.4 Å². The summed E-state index contributed by atoms with van der Waals surface area (Å²) in [6, 6.07) is 7.25. The summed E-state index contributed by atoms with van der Waals surface area (Å²) in [4.78, 5) is 14.7. The lowest BCUT2D eigenvalue weighted by atomic mass is 10.1. The van der Waals surface area contributed by atoms with Gasteiger partial charge < -0.3 is 5.32 Å². The molecule has 7 nitrogen and oxygen atoms in total. The van der Waals surface area contributed by atoms with Gasteiger partial charge in [-0.2, -0.15) is 0 Å². The maximum Gasteiger partial charge on any atom is 0.229 e. The number of thiazole rings is 1. The van der Waals surface area contributed by atoms with E-state index < -0.39 is 10.0 Å². The number of rotatable bonds is 5. The van der Waals surface area contributed by atoms with Crippen molar-refractivity contribution in [2.24, 2.45) is 0 Å². The number of aryl methyl sites for hydroxylation is 2. The number of hydrogen-bond acceptors (Lipinski definition) is 8. The van der Waals surface area contributed by atoms with Crippen molar-refractivity contribution < 1.29 is 8.42 Å². The number of nitrogens with zero attached hydrogens (tertiary/aromatic N) is 3. The minimum atomic E-state index is -3.34. The summed E-state index contributed by atoms with van der Waals surface area (Å²) in [6.07, 6.45) is 2.91. The molecule has 28 heavy (non-hydrogen) atoms. The molecule has 10 heteroatoms. The normalized spacial score (nSPS) is 11.7. The quantitative estimate of drug-likeness (QED) is 0.481. The largest absolute Gasteiger partial charge is 0.300 e. The molecular formula is C18H17N5O2S3. The van der Waals surface area contributed by atoms with Crippen LogP contribution in [0.3, 0.4) is 0 Å². The smallest absolute Gasteiger partial charge is 0.229 e. The van der Waals surface area contributed by atoms with E-state index in [0.29, 0.717) is 11.6 Å². The molecule has 0 radical (unpaired) electrons. The SMILES string of the molecule is Cc1nc(Nc2ncc3scc(-c4cccc(NS(C)(=O)=O)c4)c3n2)sc1C. The molecule has 0 unspecified atom stereocenters. The van der Waals surface area contributed by atoms with Gasteiger partial charge in [-0.25, -0.2) is 23.4 Å². The molecule has 1 aromatic carbocycles. The molecule has 4 rings (SSSR count). The molecule has 0 fully saturated rings. The fraction of sp³-hybridized carbons (Fsp3) is 0.167. The van der Waals surface area contributed by atoms with Crippen molar-refractivity contribution in [1.82, 2.24) is 15.0 Å². The van der Waals surface area contributed by atoms with Gasteiger partial charge in [0.05, 0.1) is 28.4 Å². The lowest BCUT2D eigenvalue weighted by molar-refractivity contribution is 0.607. The summed E-state index contributed by atoms with van der Waals surface area (Å²) in [5, 5.41) is 5.92. The molecule has 4 aromatic rings. The van der Waals surface area contributed by atoms with Crippen molar-refractivity contribution in [2.45, 2.75) is 13.8 Å². The number of thiophene rings is 1. The third kappa shape index (κ3) is 3.98. The second-order valence-electron chi connectivity index (χ2n) is 6.30. The van der Waals surface area contributed by atoms with E-state index in [1.165, 1.54) is 0 Å². The van der Waals surface area contributed by atoms with Crippen molar-refractivity contribution in [1.29, 1.82) is 0 Å². The zero-order chi connectivity index (χ0) is 19.9. The minimum Gasteiger partial charge on any atom is -0.300 e. The second kappa shape index (κ2) is 7.12. The van der Waals surface area contributed by atoms with E-state index in [4.69, 9.17) is 0 Å². The molecule has 0 saturated heterocycles. The van der Waals surface area contributed by atoms with Gasteiger partial charge in [-0.1, -0.05) is 12.1 Å². The predicted octanol–water partition coefficient (Wildman–Crippen LogP) is 4.55. The Morgan fingerprint density at radius 3 is 2.68 bits per heavy atom. The summed E-state index contributed by atoms with van der Waals surface area (Å²) in [6.45, 7) is 3.99. The average Bonchev–Trinajstić information content (AvgIpc) is 3.16. The van der Waals surface area contributed by atoms with Gasteiger partial charge >= 0.3 is 0 Å². The van der Waals surface area contributed by atoms with Gasteiger partial charge in [0.1, 0.15) is 0 Å². The first-order valence-electron chi connectivity index (χ1n) is 8.32. The fourth-order valence-electron chi connectivity index (χ4n) is 2.68. The van der Waals surface area contributed by atoms with Crippen LogP contribution in [-0.4, -0.2) is 29.6 Å². The van der Waals surface area contributed by atoms with Gasteiger partial charge in [-0.05, 0) is 31.5 Å². The summed E-state index contributed by atoms with van der Waals surface area (Å²) >= 11 is 3.10. The van der Waals surface area contributed by atoms with E-state index in [1.54, 1.807) is 41.0 Å². The molecule has 0 atom stereocenters. The molecule has 0 aliphatic carbocycles. The van der Waals surface area contributed by atoms with Crippen LogP contribution in [-0.2, 0) is 10.0 Å². The minimum absolute atomic E-state index is 0.478. The number of anilines is 3. The molecule has 144 valence electrons. The Labute approximate surface area is 170 Å². The number of hydrogen-bond donors (Lipinski definition) is 2. The van der Waals surface area contributed by atoms with Gasteiger partial charge in [0.2, 0.25) is 16.0 Å². The summed E-state index contributed by atoms with van der Waals surface area (Å²) in [7, 11) is -3.34. The van der Waals surface area contributed by atoms with E-state index in [2.05, 4.69) is 25.0 Å². The first-order chi connectivity index (χ1) is 13.3. The van der Waals surface area contributed by atoms with Crippen LogP contribution in [0.2, 0.25) is 0 Å². The zero-order valence-electron chi connectivity index (χ0n) is 15.3. The number of aromatic nitrogens is 3. The molecule has 0 aliphatic heterocycles. The van der Waals surface area contributed by atoms with Crippen molar-refractivity contribution in [3.63, 3.8) is 0 Å². The lowest BCUT2D eigenvalue weighted by Gasteiger charge is -2.06. The van der Waals surface area contributed by atoms with Crippen molar-refractivity contribution in [2.75, 3.05) is 16.3 Å². The summed E-state index contributed by atoms with van der Waals surface area (Å²) < 4.78 is 26.5. The van der Waals surface area contributed by atoms with Gasteiger partial charge in [0, 0.05) is 21.5 Å². The molecule has 0 aliphatic rings. The zero-order valence-corrected chi connectivity index (χ0v) is 17.8. The Morgan fingerprint density at radius 1 is 1.14 bits per heavy atom. The molecule has 0 saturated carbocycles. The highest BCUT2D eigenvalue weighted by Crippen LogP contribution is 2.34. The van der Waals surface area contributed by atoms with E-state index in [-0.39, 0.29) is 0 Å². The lowest BCUT2D eigenvalue weighted by Crippen LogP contribution is -2.09. The van der Waals surface area contributed by atoms with Crippen LogP contribution in [0.1, 0.15) is 10.6 Å². The van der Waals surface area contributed by atoms with Gasteiger partial charge in [-0.15, -0.1) is 22.7 Å². The van der Waals surface area contributed by atoms with Crippen molar-refractivity contribution in [3.05, 3.63) is 46.4 Å². The Kier molecular flexibility index (Phi) is 4.77. The van der Waals surface area contributed by atoms with Crippen LogP contribution >= 0.6 is 22.7 Å². The molecule has 3 heterocycles. The summed E-state index contributed by atoms with van der Waals surface area (Å²) in [5.74, 6) is 0.478. The van der Waals surface area contributed by atoms with Crippen LogP contribution in [0.25, 0.3) is 21.3 Å². The highest BCUT2D eigenvalue weighted by atomic mass is 32.2. The number of sulfonamides is 1. The van der Waals surface area contributed by atoms with Crippen LogP contribution in [0, 0.1) is 13.8 Å². The standard InChI is InChI=1S/C18H17N5O2S3/c1-10-11(2)27-18(20-10)22-17-19-8-15-16(21-17)14(9-26-15)12-5-4-6-13(7-12)23-28(3,24)25/h4-9,23H,1-3H3,(H,19,20,21,22). The van der Waals surface area contributed by atoms with E-state index >= 15 is 0 Å². The highest BCUT2D eigenvalue weighted by molar-refractivity contribution is 7.92. The highest BCUT2D eigenvalue weighted by Gasteiger charge is 2.12. The third-order valence-electron chi connectivity index (χ3n) is 4.04. The molecule has 0 spiro atoms. The maximum absolute atomic E-state index is 11.5. The average molecular weight is 432 g/mol. The third-order valence-corrected chi connectivity index (χ3v) is 6.54. The van der Waals surface area contributed by atoms with E-state index in [0.717, 1.165) is 43.3 Å². The maximum atomic E-state index is 11.5. The molecule has 0 amide bonds. The van der Waals surface area contributed by atoms with Crippen LogP contribution < -0.4 is 10.0 Å². The monoisotopic (exact) mass is 431 g/mol. The summed E-state index contributed by atoms with van der Waals surface area (Å²) in [5.41, 5.74) is 4.11. The Balaban J connectivity index is 1.71. The fourth-order valence-corrected chi connectivity index (χ4v) is 4.92. The Bertz CT molecular complexity index is 1260. The molecule has 0 bridgehead atoms.